The van der Waals surface area contributed by atoms with Crippen LogP contribution in [0.4, 0.5) is 5.69 Å². The third-order valence-electron chi connectivity index (χ3n) is 3.67. The van der Waals surface area contributed by atoms with E-state index in [9.17, 15) is 4.79 Å². The molecule has 4 heteroatoms. The van der Waals surface area contributed by atoms with Crippen LogP contribution >= 0.6 is 0 Å². The highest BCUT2D eigenvalue weighted by Crippen LogP contribution is 2.28. The molecule has 0 bridgehead atoms. The van der Waals surface area contributed by atoms with Crippen molar-refractivity contribution in [3.8, 4) is 11.5 Å². The van der Waals surface area contributed by atoms with Gasteiger partial charge in [0.2, 0.25) is 0 Å². The number of rotatable bonds is 7. The van der Waals surface area contributed by atoms with Crippen molar-refractivity contribution in [1.82, 2.24) is 0 Å². The summed E-state index contributed by atoms with van der Waals surface area (Å²) < 4.78 is 11.5. The summed E-state index contributed by atoms with van der Waals surface area (Å²) in [5.41, 5.74) is 2.86. The molecule has 0 saturated heterocycles. The number of nitrogens with one attached hydrogen (secondary N) is 1. The number of carbonyl (C=O) groups excluding carboxylic acids is 1. The zero-order valence-corrected chi connectivity index (χ0v) is 15.6. The molecule has 2 rings (SSSR count). The van der Waals surface area contributed by atoms with Crippen LogP contribution in [0.25, 0.3) is 0 Å². The van der Waals surface area contributed by atoms with Gasteiger partial charge >= 0.3 is 0 Å². The standard InChI is InChI=1S/C21H27NO3/c1-14(2)17-11-10-16(5)12-20(17)24-13-21(23)22-18-8-6-7-9-19(18)25-15(3)4/h6-12,14-15H,13H2,1-5H3,(H,22,23). The first kappa shape index (κ1) is 18.8. The fourth-order valence-corrected chi connectivity index (χ4v) is 2.50. The van der Waals surface area contributed by atoms with Crippen LogP contribution in [0.3, 0.4) is 0 Å². The fourth-order valence-electron chi connectivity index (χ4n) is 2.50. The number of benzene rings is 2. The van der Waals surface area contributed by atoms with Crippen LogP contribution in [-0.2, 0) is 4.79 Å². The molecule has 0 atom stereocenters. The number of hydrogen-bond donors (Lipinski definition) is 1. The van der Waals surface area contributed by atoms with Crippen molar-refractivity contribution >= 4 is 11.6 Å². The second kappa shape index (κ2) is 8.56. The predicted molar refractivity (Wildman–Crippen MR) is 102 cm³/mol. The summed E-state index contributed by atoms with van der Waals surface area (Å²) in [6.07, 6.45) is 0.0372. The van der Waals surface area contributed by atoms with Crippen molar-refractivity contribution in [2.45, 2.75) is 46.6 Å². The summed E-state index contributed by atoms with van der Waals surface area (Å²) in [7, 11) is 0. The third-order valence-corrected chi connectivity index (χ3v) is 3.67. The molecule has 0 unspecified atom stereocenters. The van der Waals surface area contributed by atoms with Crippen molar-refractivity contribution < 1.29 is 14.3 Å². The molecule has 25 heavy (non-hydrogen) atoms. The smallest absolute Gasteiger partial charge is 0.262 e. The van der Waals surface area contributed by atoms with Gasteiger partial charge in [-0.1, -0.05) is 38.1 Å². The molecule has 1 amide bonds. The summed E-state index contributed by atoms with van der Waals surface area (Å²) in [6, 6.07) is 13.5. The maximum absolute atomic E-state index is 12.3. The topological polar surface area (TPSA) is 47.6 Å². The van der Waals surface area contributed by atoms with Gasteiger partial charge in [-0.2, -0.15) is 0 Å². The average Bonchev–Trinajstić information content (AvgIpc) is 2.54. The molecule has 0 heterocycles. The van der Waals surface area contributed by atoms with E-state index in [0.717, 1.165) is 16.9 Å². The van der Waals surface area contributed by atoms with Crippen molar-refractivity contribution in [3.05, 3.63) is 53.6 Å². The van der Waals surface area contributed by atoms with Crippen LogP contribution < -0.4 is 14.8 Å². The molecule has 134 valence electrons. The Bertz CT molecular complexity index is 723. The van der Waals surface area contributed by atoms with Gasteiger partial charge < -0.3 is 14.8 Å². The minimum Gasteiger partial charge on any atom is -0.489 e. The maximum Gasteiger partial charge on any atom is 0.262 e. The highest BCUT2D eigenvalue weighted by atomic mass is 16.5. The number of anilines is 1. The molecular weight excluding hydrogens is 314 g/mol. The largest absolute Gasteiger partial charge is 0.489 e. The molecule has 0 radical (unpaired) electrons. The van der Waals surface area contributed by atoms with E-state index in [1.54, 1.807) is 0 Å². The molecule has 0 spiro atoms. The number of carbonyl (C=O) groups is 1. The van der Waals surface area contributed by atoms with E-state index in [2.05, 4.69) is 31.3 Å². The lowest BCUT2D eigenvalue weighted by Crippen LogP contribution is -2.21. The zero-order chi connectivity index (χ0) is 18.4. The zero-order valence-electron chi connectivity index (χ0n) is 15.6. The Kier molecular flexibility index (Phi) is 6.45. The highest BCUT2D eigenvalue weighted by molar-refractivity contribution is 5.93. The lowest BCUT2D eigenvalue weighted by molar-refractivity contribution is -0.118. The quantitative estimate of drug-likeness (QED) is 0.777. The van der Waals surface area contributed by atoms with Gasteiger partial charge in [0, 0.05) is 0 Å². The molecule has 4 nitrogen and oxygen atoms in total. The van der Waals surface area contributed by atoms with E-state index in [0.29, 0.717) is 17.4 Å². The molecule has 1 N–H and O–H groups in total. The Morgan fingerprint density at radius 2 is 1.76 bits per heavy atom. The van der Waals surface area contributed by atoms with Gasteiger partial charge in [0.15, 0.2) is 6.61 Å². The molecule has 0 aromatic heterocycles. The highest BCUT2D eigenvalue weighted by Gasteiger charge is 2.12. The van der Waals surface area contributed by atoms with E-state index in [-0.39, 0.29) is 18.6 Å². The third kappa shape index (κ3) is 5.52. The summed E-state index contributed by atoms with van der Waals surface area (Å²) in [5.74, 6) is 1.54. The van der Waals surface area contributed by atoms with Gasteiger partial charge in [-0.15, -0.1) is 0 Å². The van der Waals surface area contributed by atoms with Crippen LogP contribution in [-0.4, -0.2) is 18.6 Å². The first-order valence-electron chi connectivity index (χ1n) is 8.65. The maximum atomic E-state index is 12.3. The molecule has 0 aliphatic heterocycles. The van der Waals surface area contributed by atoms with Gasteiger partial charge in [0.05, 0.1) is 11.8 Å². The van der Waals surface area contributed by atoms with Crippen LogP contribution in [0.15, 0.2) is 42.5 Å². The van der Waals surface area contributed by atoms with Gasteiger partial charge in [-0.3, -0.25) is 4.79 Å². The number of hydrogen-bond acceptors (Lipinski definition) is 3. The Labute approximate surface area is 150 Å². The lowest BCUT2D eigenvalue weighted by Gasteiger charge is -2.16. The number of aryl methyl sites for hydroxylation is 1. The van der Waals surface area contributed by atoms with Crippen LogP contribution in [0, 0.1) is 6.92 Å². The van der Waals surface area contributed by atoms with Crippen molar-refractivity contribution in [3.63, 3.8) is 0 Å². The SMILES string of the molecule is Cc1ccc(C(C)C)c(OCC(=O)Nc2ccccc2OC(C)C)c1. The van der Waals surface area contributed by atoms with Crippen LogP contribution in [0.5, 0.6) is 11.5 Å². The molecule has 0 aliphatic rings. The van der Waals surface area contributed by atoms with E-state index in [1.807, 2.05) is 51.1 Å². The normalized spacial score (nSPS) is 10.8. The lowest BCUT2D eigenvalue weighted by atomic mass is 10.0. The Morgan fingerprint density at radius 1 is 1.04 bits per heavy atom. The van der Waals surface area contributed by atoms with Crippen LogP contribution in [0.1, 0.15) is 44.7 Å². The van der Waals surface area contributed by atoms with Crippen LogP contribution in [0.2, 0.25) is 0 Å². The number of ether oxygens (including phenoxy) is 2. The first-order valence-corrected chi connectivity index (χ1v) is 8.65. The van der Waals surface area contributed by atoms with E-state index < -0.39 is 0 Å². The second-order valence-electron chi connectivity index (χ2n) is 6.70. The summed E-state index contributed by atoms with van der Waals surface area (Å²) >= 11 is 0. The van der Waals surface area contributed by atoms with E-state index in [4.69, 9.17) is 9.47 Å². The molecule has 2 aromatic rings. The predicted octanol–water partition coefficient (Wildman–Crippen LogP) is 4.92. The van der Waals surface area contributed by atoms with Gasteiger partial charge in [0.1, 0.15) is 11.5 Å². The van der Waals surface area contributed by atoms with Crippen molar-refractivity contribution in [1.29, 1.82) is 0 Å². The summed E-state index contributed by atoms with van der Waals surface area (Å²) in [4.78, 5) is 12.3. The van der Waals surface area contributed by atoms with E-state index >= 15 is 0 Å². The number of para-hydroxylation sites is 2. The van der Waals surface area contributed by atoms with Crippen molar-refractivity contribution in [2.75, 3.05) is 11.9 Å². The number of amides is 1. The monoisotopic (exact) mass is 341 g/mol. The average molecular weight is 341 g/mol. The fraction of sp³-hybridized carbons (Fsp3) is 0.381. The molecular formula is C21H27NO3. The summed E-state index contributed by atoms with van der Waals surface area (Å²) in [6.45, 7) is 10.1. The van der Waals surface area contributed by atoms with E-state index in [1.165, 1.54) is 0 Å². The van der Waals surface area contributed by atoms with Gasteiger partial charge in [-0.25, -0.2) is 0 Å². The van der Waals surface area contributed by atoms with Gasteiger partial charge in [-0.05, 0) is 56.0 Å². The second-order valence-corrected chi connectivity index (χ2v) is 6.70. The molecule has 0 saturated carbocycles. The Morgan fingerprint density at radius 3 is 2.44 bits per heavy atom. The summed E-state index contributed by atoms with van der Waals surface area (Å²) in [5, 5.41) is 2.86. The minimum atomic E-state index is -0.212. The molecule has 0 aliphatic carbocycles. The Hall–Kier alpha value is -2.49. The Balaban J connectivity index is 2.04. The molecule has 0 fully saturated rings. The van der Waals surface area contributed by atoms with Gasteiger partial charge in [0.25, 0.3) is 5.91 Å². The minimum absolute atomic E-state index is 0.0372. The first-order chi connectivity index (χ1) is 11.9. The molecule has 2 aromatic carbocycles. The van der Waals surface area contributed by atoms with Crippen molar-refractivity contribution in [2.24, 2.45) is 0 Å².